The maximum absolute atomic E-state index is 11.7. The maximum atomic E-state index is 11.7. The average molecular weight is 288 g/mol. The van der Waals surface area contributed by atoms with Crippen molar-refractivity contribution in [3.63, 3.8) is 0 Å². The zero-order chi connectivity index (χ0) is 14.5. The van der Waals surface area contributed by atoms with Crippen LogP contribution in [0.2, 0.25) is 0 Å². The summed E-state index contributed by atoms with van der Waals surface area (Å²) >= 11 is 0. The number of hydrogen-bond donors (Lipinski definition) is 2. The van der Waals surface area contributed by atoms with Crippen LogP contribution in [-0.4, -0.2) is 42.5 Å². The normalized spacial score (nSPS) is 11.8. The van der Waals surface area contributed by atoms with E-state index in [4.69, 9.17) is 9.47 Å². The average Bonchev–Trinajstić information content (AvgIpc) is 2.41. The lowest BCUT2D eigenvalue weighted by molar-refractivity contribution is -0.0914. The molecule has 0 aliphatic rings. The molecule has 0 heterocycles. The van der Waals surface area contributed by atoms with Gasteiger partial charge in [0.25, 0.3) is 0 Å². The Balaban J connectivity index is 2.92. The van der Waals surface area contributed by atoms with Crippen LogP contribution >= 0.6 is 0 Å². The molecule has 108 valence electrons. The van der Waals surface area contributed by atoms with Crippen molar-refractivity contribution in [2.45, 2.75) is 18.1 Å². The Morgan fingerprint density at radius 1 is 1.26 bits per heavy atom. The second kappa shape index (κ2) is 6.85. The van der Waals surface area contributed by atoms with Gasteiger partial charge in [0.15, 0.2) is 6.29 Å². The van der Waals surface area contributed by atoms with Crippen LogP contribution in [0.25, 0.3) is 0 Å². The van der Waals surface area contributed by atoms with Gasteiger partial charge < -0.3 is 14.8 Å². The van der Waals surface area contributed by atoms with Crippen molar-refractivity contribution < 1.29 is 17.9 Å². The number of ether oxygens (including phenoxy) is 2. The van der Waals surface area contributed by atoms with Crippen LogP contribution in [0.15, 0.2) is 23.1 Å². The fourth-order valence-electron chi connectivity index (χ4n) is 1.53. The van der Waals surface area contributed by atoms with E-state index in [0.29, 0.717) is 6.54 Å². The van der Waals surface area contributed by atoms with Gasteiger partial charge in [-0.15, -0.1) is 0 Å². The first-order valence-electron chi connectivity index (χ1n) is 5.78. The summed E-state index contributed by atoms with van der Waals surface area (Å²) in [5.74, 6) is 0. The molecule has 0 atom stereocenters. The van der Waals surface area contributed by atoms with Crippen LogP contribution in [0.5, 0.6) is 0 Å². The summed E-state index contributed by atoms with van der Waals surface area (Å²) in [4.78, 5) is 0.217. The van der Waals surface area contributed by atoms with Crippen LogP contribution in [-0.2, 0) is 19.5 Å². The molecule has 1 rings (SSSR count). The molecule has 6 nitrogen and oxygen atoms in total. The largest absolute Gasteiger partial charge is 0.380 e. The van der Waals surface area contributed by atoms with Gasteiger partial charge >= 0.3 is 0 Å². The Kier molecular flexibility index (Phi) is 5.74. The summed E-state index contributed by atoms with van der Waals surface area (Å²) < 4.78 is 35.9. The molecule has 0 aromatic heterocycles. The van der Waals surface area contributed by atoms with Crippen molar-refractivity contribution in [3.8, 4) is 0 Å². The van der Waals surface area contributed by atoms with Gasteiger partial charge in [0, 0.05) is 19.9 Å². The molecule has 0 saturated carbocycles. The van der Waals surface area contributed by atoms with E-state index < -0.39 is 10.0 Å². The molecule has 1 aromatic carbocycles. The van der Waals surface area contributed by atoms with Gasteiger partial charge in [-0.1, -0.05) is 6.07 Å². The molecule has 0 unspecified atom stereocenters. The summed E-state index contributed by atoms with van der Waals surface area (Å²) in [6.45, 7) is 2.32. The molecule has 7 heteroatoms. The number of nitrogens with one attached hydrogen (secondary N) is 2. The first-order chi connectivity index (χ1) is 8.94. The highest BCUT2D eigenvalue weighted by Gasteiger charge is 2.13. The molecule has 0 aliphatic carbocycles. The Labute approximate surface area is 114 Å². The van der Waals surface area contributed by atoms with Crippen molar-refractivity contribution in [3.05, 3.63) is 23.8 Å². The van der Waals surface area contributed by atoms with Gasteiger partial charge in [0.1, 0.15) is 0 Å². The van der Waals surface area contributed by atoms with Gasteiger partial charge in [-0.25, -0.2) is 13.1 Å². The minimum atomic E-state index is -3.44. The van der Waals surface area contributed by atoms with Gasteiger partial charge in [0.05, 0.1) is 11.4 Å². The minimum absolute atomic E-state index is 0.217. The third-order valence-corrected chi connectivity index (χ3v) is 4.19. The number of hydrogen-bond acceptors (Lipinski definition) is 5. The second-order valence-electron chi connectivity index (χ2n) is 3.97. The first-order valence-corrected chi connectivity index (χ1v) is 7.26. The number of benzene rings is 1. The third-order valence-electron chi connectivity index (χ3n) is 2.77. The number of methoxy groups -OCH3 is 2. The maximum Gasteiger partial charge on any atom is 0.240 e. The number of rotatable bonds is 7. The van der Waals surface area contributed by atoms with E-state index in [-0.39, 0.29) is 11.2 Å². The monoisotopic (exact) mass is 288 g/mol. The number of aryl methyl sites for hydroxylation is 1. The molecule has 0 aliphatic heterocycles. The fraction of sp³-hybridized carbons (Fsp3) is 0.500. The SMILES string of the molecule is CNS(=O)(=O)c1ccc(C)c(NCC(OC)OC)c1. The zero-order valence-corrected chi connectivity index (χ0v) is 12.4. The quantitative estimate of drug-likeness (QED) is 0.730. The Bertz CT molecular complexity index is 512. The Morgan fingerprint density at radius 2 is 1.89 bits per heavy atom. The molecule has 0 amide bonds. The number of sulfonamides is 1. The lowest BCUT2D eigenvalue weighted by Crippen LogP contribution is -2.24. The van der Waals surface area contributed by atoms with Gasteiger partial charge in [-0.3, -0.25) is 0 Å². The predicted octanol–water partition coefficient (Wildman–Crippen LogP) is 0.934. The topological polar surface area (TPSA) is 76.7 Å². The molecule has 0 bridgehead atoms. The van der Waals surface area contributed by atoms with Crippen LogP contribution in [0.1, 0.15) is 5.56 Å². The van der Waals surface area contributed by atoms with Crippen LogP contribution in [0.4, 0.5) is 5.69 Å². The van der Waals surface area contributed by atoms with Crippen molar-refractivity contribution in [2.24, 2.45) is 0 Å². The lowest BCUT2D eigenvalue weighted by atomic mass is 10.2. The Hall–Kier alpha value is -1.15. The molecule has 1 aromatic rings. The highest BCUT2D eigenvalue weighted by atomic mass is 32.2. The zero-order valence-electron chi connectivity index (χ0n) is 11.6. The van der Waals surface area contributed by atoms with E-state index in [1.807, 2.05) is 6.92 Å². The standard InChI is InChI=1S/C12H20N2O4S/c1-9-5-6-10(19(15,16)13-2)7-11(9)14-8-12(17-3)18-4/h5-7,12-14H,8H2,1-4H3. The van der Waals surface area contributed by atoms with Gasteiger partial charge in [-0.2, -0.15) is 0 Å². The molecular formula is C12H20N2O4S. The van der Waals surface area contributed by atoms with Crippen molar-refractivity contribution in [1.29, 1.82) is 0 Å². The molecule has 0 spiro atoms. The molecule has 0 fully saturated rings. The first kappa shape index (κ1) is 15.9. The Morgan fingerprint density at radius 3 is 2.42 bits per heavy atom. The minimum Gasteiger partial charge on any atom is -0.380 e. The third kappa shape index (κ3) is 4.17. The summed E-state index contributed by atoms with van der Waals surface area (Å²) in [6, 6.07) is 4.90. The van der Waals surface area contributed by atoms with E-state index >= 15 is 0 Å². The summed E-state index contributed by atoms with van der Waals surface area (Å²) in [7, 11) is 1.04. The van der Waals surface area contributed by atoms with Crippen LogP contribution in [0.3, 0.4) is 0 Å². The van der Waals surface area contributed by atoms with E-state index in [1.165, 1.54) is 7.05 Å². The van der Waals surface area contributed by atoms with E-state index in [2.05, 4.69) is 10.0 Å². The molecule has 2 N–H and O–H groups in total. The van der Waals surface area contributed by atoms with Crippen LogP contribution in [0, 0.1) is 6.92 Å². The summed E-state index contributed by atoms with van der Waals surface area (Å²) in [5.41, 5.74) is 1.68. The highest BCUT2D eigenvalue weighted by Crippen LogP contribution is 2.20. The summed E-state index contributed by atoms with van der Waals surface area (Å²) in [6.07, 6.45) is -0.385. The molecular weight excluding hydrogens is 268 g/mol. The fourth-order valence-corrected chi connectivity index (χ4v) is 2.29. The van der Waals surface area contributed by atoms with Crippen molar-refractivity contribution >= 4 is 15.7 Å². The predicted molar refractivity (Wildman–Crippen MR) is 73.7 cm³/mol. The summed E-state index contributed by atoms with van der Waals surface area (Å²) in [5, 5.41) is 3.11. The molecule has 0 saturated heterocycles. The lowest BCUT2D eigenvalue weighted by Gasteiger charge is -2.16. The van der Waals surface area contributed by atoms with Gasteiger partial charge in [-0.05, 0) is 31.7 Å². The van der Waals surface area contributed by atoms with Crippen molar-refractivity contribution in [2.75, 3.05) is 33.1 Å². The van der Waals surface area contributed by atoms with Crippen molar-refractivity contribution in [1.82, 2.24) is 4.72 Å². The van der Waals surface area contributed by atoms with Crippen LogP contribution < -0.4 is 10.0 Å². The molecule has 19 heavy (non-hydrogen) atoms. The second-order valence-corrected chi connectivity index (χ2v) is 5.85. The molecule has 0 radical (unpaired) electrons. The van der Waals surface area contributed by atoms with E-state index in [1.54, 1.807) is 32.4 Å². The highest BCUT2D eigenvalue weighted by molar-refractivity contribution is 7.89. The van der Waals surface area contributed by atoms with Gasteiger partial charge in [0.2, 0.25) is 10.0 Å². The van der Waals surface area contributed by atoms with E-state index in [0.717, 1.165) is 11.3 Å². The van der Waals surface area contributed by atoms with E-state index in [9.17, 15) is 8.42 Å². The number of anilines is 1. The smallest absolute Gasteiger partial charge is 0.240 e.